The molecule has 0 heterocycles. The molecule has 0 saturated carbocycles. The van der Waals surface area contributed by atoms with Gasteiger partial charge in [-0.2, -0.15) is 0 Å². The van der Waals surface area contributed by atoms with Crippen LogP contribution in [0.2, 0.25) is 5.02 Å². The Bertz CT molecular complexity index is 307. The molecule has 0 aromatic heterocycles. The molecular weight excluding hydrogens is 191 g/mol. The van der Waals surface area contributed by atoms with Crippen molar-refractivity contribution < 1.29 is 0 Å². The zero-order chi connectivity index (χ0) is 8.72. The number of rotatable bonds is 0. The van der Waals surface area contributed by atoms with Gasteiger partial charge in [-0.1, -0.05) is 24.6 Å². The molecule has 0 bridgehead atoms. The van der Waals surface area contributed by atoms with Crippen LogP contribution in [0.5, 0.6) is 0 Å². The van der Waals surface area contributed by atoms with E-state index < -0.39 is 0 Å². The van der Waals surface area contributed by atoms with E-state index >= 15 is 0 Å². The van der Waals surface area contributed by atoms with Crippen LogP contribution in [0.1, 0.15) is 23.4 Å². The third kappa shape index (κ3) is 1.23. The summed E-state index contributed by atoms with van der Waals surface area (Å²) in [4.78, 5) is 0. The van der Waals surface area contributed by atoms with E-state index in [1.807, 2.05) is 12.1 Å². The highest BCUT2D eigenvalue weighted by Crippen LogP contribution is 2.41. The second-order valence-corrected chi connectivity index (χ2v) is 4.33. The Hall–Kier alpha value is -0.200. The van der Waals surface area contributed by atoms with Crippen molar-refractivity contribution in [2.75, 3.05) is 0 Å². The summed E-state index contributed by atoms with van der Waals surface area (Å²) in [5.41, 5.74) is 2.57. The van der Waals surface area contributed by atoms with E-state index in [1.54, 1.807) is 0 Å². The average molecular weight is 201 g/mol. The zero-order valence-corrected chi connectivity index (χ0v) is 8.36. The third-order valence-corrected chi connectivity index (χ3v) is 3.35. The molecule has 0 saturated heterocycles. The summed E-state index contributed by atoms with van der Waals surface area (Å²) in [5, 5.41) is 0.937. The first-order valence-corrected chi connectivity index (χ1v) is 4.92. The number of hydrogen-bond donors (Lipinski definition) is 0. The van der Waals surface area contributed by atoms with Gasteiger partial charge in [0.15, 0.2) is 0 Å². The van der Waals surface area contributed by atoms with Crippen LogP contribution in [-0.4, -0.2) is 0 Å². The minimum Gasteiger partial charge on any atom is -0.118 e. The van der Waals surface area contributed by atoms with Crippen molar-refractivity contribution in [2.24, 2.45) is 5.92 Å². The van der Waals surface area contributed by atoms with E-state index in [4.69, 9.17) is 23.2 Å². The lowest BCUT2D eigenvalue weighted by atomic mass is 10.1. The summed E-state index contributed by atoms with van der Waals surface area (Å²) in [6, 6.07) is 6.00. The Kier molecular flexibility index (Phi) is 2.05. The molecule has 1 aliphatic carbocycles. The molecule has 0 amide bonds. The second kappa shape index (κ2) is 2.93. The monoisotopic (exact) mass is 200 g/mol. The fraction of sp³-hybridized carbons (Fsp3) is 0.400. The molecule has 2 atom stereocenters. The minimum absolute atomic E-state index is 0.152. The highest BCUT2D eigenvalue weighted by molar-refractivity contribution is 6.31. The van der Waals surface area contributed by atoms with Crippen LogP contribution in [0.15, 0.2) is 18.2 Å². The molecule has 0 nitrogen and oxygen atoms in total. The molecule has 1 aromatic rings. The molecule has 0 fully saturated rings. The number of benzene rings is 1. The van der Waals surface area contributed by atoms with Crippen molar-refractivity contribution >= 4 is 23.2 Å². The van der Waals surface area contributed by atoms with Gasteiger partial charge in [0.1, 0.15) is 0 Å². The van der Waals surface area contributed by atoms with Gasteiger partial charge in [-0.05, 0) is 35.6 Å². The number of alkyl halides is 1. The van der Waals surface area contributed by atoms with Crippen LogP contribution in [0.3, 0.4) is 0 Å². The first-order valence-electron chi connectivity index (χ1n) is 4.11. The Labute approximate surface area is 82.5 Å². The fourth-order valence-corrected chi connectivity index (χ4v) is 2.24. The largest absolute Gasteiger partial charge is 0.118 e. The molecule has 0 spiro atoms. The maximum Gasteiger partial charge on any atom is 0.0617 e. The molecule has 2 heteroatoms. The maximum absolute atomic E-state index is 6.21. The standard InChI is InChI=1S/C10H10Cl2/c1-6-4-7-2-3-8(11)5-9(7)10(6)12/h2-3,5-6,10H,4H2,1H3. The van der Waals surface area contributed by atoms with Crippen LogP contribution in [0.25, 0.3) is 0 Å². The Morgan fingerprint density at radius 3 is 2.92 bits per heavy atom. The van der Waals surface area contributed by atoms with Crippen LogP contribution in [-0.2, 0) is 6.42 Å². The van der Waals surface area contributed by atoms with Crippen molar-refractivity contribution in [3.8, 4) is 0 Å². The molecular formula is C10H10Cl2. The second-order valence-electron chi connectivity index (χ2n) is 3.43. The summed E-state index contributed by atoms with van der Waals surface area (Å²) in [6.45, 7) is 2.17. The summed E-state index contributed by atoms with van der Waals surface area (Å²) in [6.07, 6.45) is 1.08. The van der Waals surface area contributed by atoms with Gasteiger partial charge in [-0.15, -0.1) is 11.6 Å². The van der Waals surface area contributed by atoms with E-state index in [1.165, 1.54) is 11.1 Å². The molecule has 0 radical (unpaired) electrons. The molecule has 2 rings (SSSR count). The maximum atomic E-state index is 6.21. The van der Waals surface area contributed by atoms with Crippen molar-refractivity contribution in [3.63, 3.8) is 0 Å². The van der Waals surface area contributed by atoms with Gasteiger partial charge in [-0.25, -0.2) is 0 Å². The minimum atomic E-state index is 0.152. The van der Waals surface area contributed by atoms with E-state index in [0.29, 0.717) is 5.92 Å². The lowest BCUT2D eigenvalue weighted by molar-refractivity contribution is 0.609. The van der Waals surface area contributed by atoms with Gasteiger partial charge in [0.2, 0.25) is 0 Å². The summed E-state index contributed by atoms with van der Waals surface area (Å²) < 4.78 is 0. The highest BCUT2D eigenvalue weighted by Gasteiger charge is 2.27. The van der Waals surface area contributed by atoms with Crippen LogP contribution >= 0.6 is 23.2 Å². The first-order chi connectivity index (χ1) is 5.68. The molecule has 2 unspecified atom stereocenters. The number of hydrogen-bond acceptors (Lipinski definition) is 0. The van der Waals surface area contributed by atoms with Gasteiger partial charge in [-0.3, -0.25) is 0 Å². The normalized spacial score (nSPS) is 27.2. The third-order valence-electron chi connectivity index (χ3n) is 2.45. The topological polar surface area (TPSA) is 0 Å². The molecule has 0 aliphatic heterocycles. The average Bonchev–Trinajstić information content (AvgIpc) is 2.31. The predicted molar refractivity (Wildman–Crippen MR) is 52.9 cm³/mol. The quantitative estimate of drug-likeness (QED) is 0.560. The molecule has 64 valence electrons. The Morgan fingerprint density at radius 1 is 1.42 bits per heavy atom. The lowest BCUT2D eigenvalue weighted by Gasteiger charge is -2.06. The van der Waals surface area contributed by atoms with E-state index in [9.17, 15) is 0 Å². The SMILES string of the molecule is CC1Cc2ccc(Cl)cc2C1Cl. The predicted octanol–water partition coefficient (Wildman–Crippen LogP) is 3.81. The summed E-state index contributed by atoms with van der Waals surface area (Å²) >= 11 is 12.1. The van der Waals surface area contributed by atoms with Crippen LogP contribution in [0.4, 0.5) is 0 Å². The van der Waals surface area contributed by atoms with Gasteiger partial charge in [0, 0.05) is 5.02 Å². The van der Waals surface area contributed by atoms with Crippen molar-refractivity contribution in [1.82, 2.24) is 0 Å². The summed E-state index contributed by atoms with van der Waals surface area (Å²) in [5.74, 6) is 0.542. The van der Waals surface area contributed by atoms with Crippen LogP contribution < -0.4 is 0 Å². The fourth-order valence-electron chi connectivity index (χ4n) is 1.77. The number of halogens is 2. The Morgan fingerprint density at radius 2 is 2.17 bits per heavy atom. The molecule has 12 heavy (non-hydrogen) atoms. The Balaban J connectivity index is 2.48. The number of fused-ring (bicyclic) bond motifs is 1. The van der Waals surface area contributed by atoms with Gasteiger partial charge in [0.05, 0.1) is 5.38 Å². The van der Waals surface area contributed by atoms with Crippen LogP contribution in [0, 0.1) is 5.92 Å². The highest BCUT2D eigenvalue weighted by atomic mass is 35.5. The van der Waals surface area contributed by atoms with Gasteiger partial charge < -0.3 is 0 Å². The summed E-state index contributed by atoms with van der Waals surface area (Å²) in [7, 11) is 0. The van der Waals surface area contributed by atoms with Crippen molar-refractivity contribution in [2.45, 2.75) is 18.7 Å². The van der Waals surface area contributed by atoms with Gasteiger partial charge >= 0.3 is 0 Å². The van der Waals surface area contributed by atoms with E-state index in [-0.39, 0.29) is 5.38 Å². The van der Waals surface area contributed by atoms with Crippen molar-refractivity contribution in [3.05, 3.63) is 34.3 Å². The zero-order valence-electron chi connectivity index (χ0n) is 6.85. The first kappa shape index (κ1) is 8.40. The smallest absolute Gasteiger partial charge is 0.0617 e. The molecule has 1 aromatic carbocycles. The van der Waals surface area contributed by atoms with Crippen molar-refractivity contribution in [1.29, 1.82) is 0 Å². The van der Waals surface area contributed by atoms with E-state index in [2.05, 4.69) is 13.0 Å². The molecule has 0 N–H and O–H groups in total. The lowest BCUT2D eigenvalue weighted by Crippen LogP contribution is -1.94. The molecule has 1 aliphatic rings. The van der Waals surface area contributed by atoms with Gasteiger partial charge in [0.25, 0.3) is 0 Å². The van der Waals surface area contributed by atoms with E-state index in [0.717, 1.165) is 11.4 Å².